The second-order valence-corrected chi connectivity index (χ2v) is 6.15. The molecule has 1 aromatic carbocycles. The standard InChI is InChI=1S/C17H27N3O2/c1-13-7-8-14(12-16(13)22-4)18-17(21)20-10-5-6-15(9-11-20)19(2)3/h7-8,12,15H,5-6,9-11H2,1-4H3,(H,18,21)/t15-/m0/s1. The number of aryl methyl sites for hydroxylation is 1. The lowest BCUT2D eigenvalue weighted by Crippen LogP contribution is -2.36. The lowest BCUT2D eigenvalue weighted by Gasteiger charge is -2.23. The summed E-state index contributed by atoms with van der Waals surface area (Å²) >= 11 is 0. The molecule has 0 spiro atoms. The molecule has 122 valence electrons. The molecule has 1 aliphatic heterocycles. The van der Waals surface area contributed by atoms with Crippen molar-refractivity contribution in [3.63, 3.8) is 0 Å². The first kappa shape index (κ1) is 16.6. The van der Waals surface area contributed by atoms with Gasteiger partial charge in [0.25, 0.3) is 0 Å². The van der Waals surface area contributed by atoms with E-state index in [0.29, 0.717) is 6.04 Å². The number of anilines is 1. The maximum absolute atomic E-state index is 12.4. The van der Waals surface area contributed by atoms with Gasteiger partial charge in [-0.1, -0.05) is 6.07 Å². The second-order valence-electron chi connectivity index (χ2n) is 6.15. The van der Waals surface area contributed by atoms with Gasteiger partial charge < -0.3 is 19.9 Å². The molecule has 2 rings (SSSR count). The highest BCUT2D eigenvalue weighted by molar-refractivity contribution is 5.89. The van der Waals surface area contributed by atoms with Crippen LogP contribution in [0.5, 0.6) is 5.75 Å². The summed E-state index contributed by atoms with van der Waals surface area (Å²) in [5, 5.41) is 2.98. The highest BCUT2D eigenvalue weighted by atomic mass is 16.5. The topological polar surface area (TPSA) is 44.8 Å². The maximum atomic E-state index is 12.4. The number of amides is 2. The number of benzene rings is 1. The molecule has 0 bridgehead atoms. The zero-order valence-electron chi connectivity index (χ0n) is 14.1. The van der Waals surface area contributed by atoms with Gasteiger partial charge in [-0.3, -0.25) is 0 Å². The van der Waals surface area contributed by atoms with E-state index in [1.54, 1.807) is 7.11 Å². The van der Waals surface area contributed by atoms with E-state index in [0.717, 1.165) is 49.4 Å². The number of ether oxygens (including phenoxy) is 1. The number of urea groups is 1. The molecule has 5 heteroatoms. The monoisotopic (exact) mass is 305 g/mol. The van der Waals surface area contributed by atoms with E-state index in [2.05, 4.69) is 24.3 Å². The molecule has 1 saturated heterocycles. The van der Waals surface area contributed by atoms with Gasteiger partial charge in [0.05, 0.1) is 7.11 Å². The Hall–Kier alpha value is -1.75. The van der Waals surface area contributed by atoms with Gasteiger partial charge >= 0.3 is 6.03 Å². The fourth-order valence-corrected chi connectivity index (χ4v) is 2.90. The summed E-state index contributed by atoms with van der Waals surface area (Å²) in [4.78, 5) is 16.6. The Labute approximate surface area is 133 Å². The van der Waals surface area contributed by atoms with Crippen molar-refractivity contribution in [1.29, 1.82) is 0 Å². The lowest BCUT2D eigenvalue weighted by molar-refractivity contribution is 0.210. The Morgan fingerprint density at radius 2 is 2.09 bits per heavy atom. The van der Waals surface area contributed by atoms with Crippen molar-refractivity contribution >= 4 is 11.7 Å². The van der Waals surface area contributed by atoms with Crippen LogP contribution in [0.3, 0.4) is 0 Å². The van der Waals surface area contributed by atoms with Crippen molar-refractivity contribution in [3.8, 4) is 5.75 Å². The van der Waals surface area contributed by atoms with Crippen LogP contribution in [0.4, 0.5) is 10.5 Å². The molecule has 0 saturated carbocycles. The molecule has 1 aromatic rings. The van der Waals surface area contributed by atoms with Gasteiger partial charge in [0.1, 0.15) is 5.75 Å². The van der Waals surface area contributed by atoms with Crippen LogP contribution < -0.4 is 10.1 Å². The minimum atomic E-state index is -0.0229. The van der Waals surface area contributed by atoms with Crippen molar-refractivity contribution in [1.82, 2.24) is 9.80 Å². The van der Waals surface area contributed by atoms with Crippen LogP contribution in [-0.4, -0.2) is 56.2 Å². The van der Waals surface area contributed by atoms with E-state index in [-0.39, 0.29) is 6.03 Å². The molecule has 5 nitrogen and oxygen atoms in total. The number of carbonyl (C=O) groups excluding carboxylic acids is 1. The highest BCUT2D eigenvalue weighted by Gasteiger charge is 2.21. The quantitative estimate of drug-likeness (QED) is 0.934. The van der Waals surface area contributed by atoms with Crippen LogP contribution in [0.1, 0.15) is 24.8 Å². The minimum absolute atomic E-state index is 0.0229. The summed E-state index contributed by atoms with van der Waals surface area (Å²) in [5.74, 6) is 0.793. The van der Waals surface area contributed by atoms with Gasteiger partial charge in [0, 0.05) is 30.9 Å². The van der Waals surface area contributed by atoms with Gasteiger partial charge in [0.2, 0.25) is 0 Å². The molecule has 0 aromatic heterocycles. The SMILES string of the molecule is COc1cc(NC(=O)N2CCC[C@H](N(C)C)CC2)ccc1C. The minimum Gasteiger partial charge on any atom is -0.496 e. The zero-order chi connectivity index (χ0) is 16.1. The third kappa shape index (κ3) is 4.13. The number of hydrogen-bond acceptors (Lipinski definition) is 3. The molecule has 1 N–H and O–H groups in total. The number of hydrogen-bond donors (Lipinski definition) is 1. The van der Waals surface area contributed by atoms with Crippen molar-refractivity contribution in [2.45, 2.75) is 32.2 Å². The Bertz CT molecular complexity index is 517. The average molecular weight is 305 g/mol. The predicted molar refractivity (Wildman–Crippen MR) is 89.6 cm³/mol. The van der Waals surface area contributed by atoms with Crippen LogP contribution in [0.2, 0.25) is 0 Å². The molecular formula is C17H27N3O2. The molecule has 0 radical (unpaired) electrons. The van der Waals surface area contributed by atoms with Crippen molar-refractivity contribution in [3.05, 3.63) is 23.8 Å². The van der Waals surface area contributed by atoms with Crippen LogP contribution in [0.25, 0.3) is 0 Å². The molecule has 1 heterocycles. The molecule has 1 aliphatic rings. The van der Waals surface area contributed by atoms with Crippen LogP contribution in [0.15, 0.2) is 18.2 Å². The van der Waals surface area contributed by atoms with E-state index in [1.807, 2.05) is 30.0 Å². The number of rotatable bonds is 3. The maximum Gasteiger partial charge on any atom is 0.321 e. The summed E-state index contributed by atoms with van der Waals surface area (Å²) in [6.45, 7) is 3.61. The van der Waals surface area contributed by atoms with E-state index >= 15 is 0 Å². The molecule has 0 aliphatic carbocycles. The van der Waals surface area contributed by atoms with Crippen molar-refractivity contribution < 1.29 is 9.53 Å². The fraction of sp³-hybridized carbons (Fsp3) is 0.588. The zero-order valence-corrected chi connectivity index (χ0v) is 14.1. The Morgan fingerprint density at radius 3 is 2.77 bits per heavy atom. The summed E-state index contributed by atoms with van der Waals surface area (Å²) in [7, 11) is 5.86. The average Bonchev–Trinajstić information content (AvgIpc) is 2.75. The third-order valence-electron chi connectivity index (χ3n) is 4.37. The first-order valence-electron chi connectivity index (χ1n) is 7.88. The molecule has 1 atom stereocenters. The fourth-order valence-electron chi connectivity index (χ4n) is 2.90. The Kier molecular flexibility index (Phi) is 5.66. The molecule has 0 unspecified atom stereocenters. The summed E-state index contributed by atoms with van der Waals surface area (Å²) in [6, 6.07) is 6.28. The van der Waals surface area contributed by atoms with Crippen LogP contribution in [-0.2, 0) is 0 Å². The van der Waals surface area contributed by atoms with E-state index in [4.69, 9.17) is 4.74 Å². The molecule has 2 amide bonds. The largest absolute Gasteiger partial charge is 0.496 e. The normalized spacial score (nSPS) is 19.0. The van der Waals surface area contributed by atoms with Gasteiger partial charge in [-0.15, -0.1) is 0 Å². The molecule has 22 heavy (non-hydrogen) atoms. The summed E-state index contributed by atoms with van der Waals surface area (Å²) in [5.41, 5.74) is 1.84. The number of methoxy groups -OCH3 is 1. The second kappa shape index (κ2) is 7.49. The first-order chi connectivity index (χ1) is 10.5. The number of likely N-dealkylation sites (tertiary alicyclic amines) is 1. The first-order valence-corrected chi connectivity index (χ1v) is 7.88. The van der Waals surface area contributed by atoms with Gasteiger partial charge in [-0.25, -0.2) is 4.79 Å². The molecule has 1 fully saturated rings. The van der Waals surface area contributed by atoms with Crippen molar-refractivity contribution in [2.24, 2.45) is 0 Å². The van der Waals surface area contributed by atoms with Gasteiger partial charge in [0.15, 0.2) is 0 Å². The third-order valence-corrected chi connectivity index (χ3v) is 4.37. The smallest absolute Gasteiger partial charge is 0.321 e. The Morgan fingerprint density at radius 1 is 1.32 bits per heavy atom. The Balaban J connectivity index is 1.97. The number of nitrogens with zero attached hydrogens (tertiary/aromatic N) is 2. The number of carbonyl (C=O) groups is 1. The van der Waals surface area contributed by atoms with Crippen LogP contribution >= 0.6 is 0 Å². The van der Waals surface area contributed by atoms with E-state index in [1.165, 1.54) is 0 Å². The van der Waals surface area contributed by atoms with Crippen LogP contribution in [0, 0.1) is 6.92 Å². The van der Waals surface area contributed by atoms with Gasteiger partial charge in [-0.05, 0) is 51.9 Å². The summed E-state index contributed by atoms with van der Waals surface area (Å²) < 4.78 is 5.30. The number of nitrogens with one attached hydrogen (secondary N) is 1. The highest BCUT2D eigenvalue weighted by Crippen LogP contribution is 2.23. The van der Waals surface area contributed by atoms with E-state index in [9.17, 15) is 4.79 Å². The van der Waals surface area contributed by atoms with Crippen molar-refractivity contribution in [2.75, 3.05) is 39.6 Å². The predicted octanol–water partition coefficient (Wildman–Crippen LogP) is 2.95. The van der Waals surface area contributed by atoms with E-state index < -0.39 is 0 Å². The molecular weight excluding hydrogens is 278 g/mol. The lowest BCUT2D eigenvalue weighted by atomic mass is 10.1. The van der Waals surface area contributed by atoms with Gasteiger partial charge in [-0.2, -0.15) is 0 Å². The summed E-state index contributed by atoms with van der Waals surface area (Å²) in [6.07, 6.45) is 3.22.